The van der Waals surface area contributed by atoms with E-state index in [0.29, 0.717) is 18.1 Å². The Kier molecular flexibility index (Phi) is 4.21. The van der Waals surface area contributed by atoms with Gasteiger partial charge in [-0.1, -0.05) is 5.16 Å². The normalized spacial score (nSPS) is 10.6. The maximum Gasteiger partial charge on any atom is 0.273 e. The van der Waals surface area contributed by atoms with Gasteiger partial charge in [0.05, 0.1) is 0 Å². The molecule has 0 aliphatic rings. The first-order chi connectivity index (χ1) is 12.8. The summed E-state index contributed by atoms with van der Waals surface area (Å²) in [6.07, 6.45) is 8.48. The number of hydrogen-bond acceptors (Lipinski definition) is 6. The minimum atomic E-state index is -0.318. The average Bonchev–Trinajstić information content (AvgIpc) is 3.39. The van der Waals surface area contributed by atoms with Crippen molar-refractivity contribution >= 4 is 5.91 Å². The first-order valence-electron chi connectivity index (χ1n) is 7.90. The molecule has 8 heteroatoms. The van der Waals surface area contributed by atoms with Gasteiger partial charge < -0.3 is 9.84 Å². The van der Waals surface area contributed by atoms with Crippen molar-refractivity contribution in [2.45, 2.75) is 6.54 Å². The Morgan fingerprint density at radius 1 is 1.15 bits per heavy atom. The second-order valence-corrected chi connectivity index (χ2v) is 5.47. The first kappa shape index (κ1) is 15.7. The molecule has 1 N–H and O–H groups in total. The van der Waals surface area contributed by atoms with Gasteiger partial charge in [-0.05, 0) is 35.9 Å². The zero-order valence-electron chi connectivity index (χ0n) is 13.6. The molecule has 128 valence electrons. The monoisotopic (exact) mass is 346 g/mol. The van der Waals surface area contributed by atoms with Gasteiger partial charge in [-0.2, -0.15) is 5.10 Å². The molecule has 0 atom stereocenters. The van der Waals surface area contributed by atoms with Gasteiger partial charge >= 0.3 is 0 Å². The van der Waals surface area contributed by atoms with Crippen LogP contribution >= 0.6 is 0 Å². The van der Waals surface area contributed by atoms with E-state index in [2.05, 4.69) is 25.5 Å². The van der Waals surface area contributed by atoms with Crippen molar-refractivity contribution in [1.29, 1.82) is 0 Å². The third-order valence-electron chi connectivity index (χ3n) is 3.69. The lowest BCUT2D eigenvalue weighted by Gasteiger charge is -2.05. The fourth-order valence-electron chi connectivity index (χ4n) is 2.40. The lowest BCUT2D eigenvalue weighted by atomic mass is 10.2. The molecular formula is C18H14N6O2. The molecule has 0 fully saturated rings. The van der Waals surface area contributed by atoms with Crippen LogP contribution in [0.3, 0.4) is 0 Å². The van der Waals surface area contributed by atoms with Crippen molar-refractivity contribution in [2.75, 3.05) is 0 Å². The Morgan fingerprint density at radius 3 is 2.92 bits per heavy atom. The van der Waals surface area contributed by atoms with Crippen LogP contribution in [-0.2, 0) is 6.54 Å². The molecule has 0 radical (unpaired) electrons. The highest BCUT2D eigenvalue weighted by Gasteiger charge is 2.13. The van der Waals surface area contributed by atoms with Crippen LogP contribution in [0.5, 0.6) is 0 Å². The van der Waals surface area contributed by atoms with Gasteiger partial charge in [0.1, 0.15) is 0 Å². The largest absolute Gasteiger partial charge is 0.355 e. The summed E-state index contributed by atoms with van der Waals surface area (Å²) in [5, 5.41) is 10.8. The fourth-order valence-corrected chi connectivity index (χ4v) is 2.40. The van der Waals surface area contributed by atoms with Crippen molar-refractivity contribution in [3.05, 3.63) is 78.6 Å². The zero-order valence-corrected chi connectivity index (χ0v) is 13.6. The van der Waals surface area contributed by atoms with Crippen LogP contribution in [0.15, 0.2) is 71.9 Å². The Labute approximate surface area is 148 Å². The van der Waals surface area contributed by atoms with Gasteiger partial charge in [0, 0.05) is 49.2 Å². The molecule has 0 aliphatic carbocycles. The molecule has 26 heavy (non-hydrogen) atoms. The molecule has 0 bridgehead atoms. The van der Waals surface area contributed by atoms with Gasteiger partial charge in [-0.25, -0.2) is 9.67 Å². The number of aromatic nitrogens is 5. The second kappa shape index (κ2) is 6.98. The molecule has 0 aromatic carbocycles. The molecule has 0 spiro atoms. The fraction of sp³-hybridized carbons (Fsp3) is 0.0556. The van der Waals surface area contributed by atoms with Gasteiger partial charge in [0.15, 0.2) is 17.3 Å². The lowest BCUT2D eigenvalue weighted by molar-refractivity contribution is 0.0942. The number of rotatable bonds is 5. The summed E-state index contributed by atoms with van der Waals surface area (Å²) in [5.41, 5.74) is 1.87. The van der Waals surface area contributed by atoms with Crippen LogP contribution in [0.1, 0.15) is 16.1 Å². The van der Waals surface area contributed by atoms with E-state index < -0.39 is 0 Å². The van der Waals surface area contributed by atoms with E-state index in [1.54, 1.807) is 47.8 Å². The summed E-state index contributed by atoms with van der Waals surface area (Å²) in [4.78, 5) is 20.6. The second-order valence-electron chi connectivity index (χ2n) is 5.47. The molecule has 0 saturated carbocycles. The summed E-state index contributed by atoms with van der Waals surface area (Å²) >= 11 is 0. The Bertz CT molecular complexity index is 1010. The van der Waals surface area contributed by atoms with E-state index in [1.165, 1.54) is 0 Å². The van der Waals surface area contributed by atoms with Crippen LogP contribution in [-0.4, -0.2) is 30.8 Å². The van der Waals surface area contributed by atoms with E-state index >= 15 is 0 Å². The van der Waals surface area contributed by atoms with Crippen LogP contribution in [0, 0.1) is 0 Å². The van der Waals surface area contributed by atoms with Crippen molar-refractivity contribution in [3.8, 4) is 17.1 Å². The summed E-state index contributed by atoms with van der Waals surface area (Å²) in [6.45, 7) is 0.338. The standard InChI is InChI=1S/C18H14N6O2/c25-18(15-10-16(26-23-15)14-3-1-5-19-12-14)21-11-13-4-7-20-17(9-13)24-8-2-6-22-24/h1-10,12H,11H2,(H,21,25). The maximum atomic E-state index is 12.3. The quantitative estimate of drug-likeness (QED) is 0.595. The lowest BCUT2D eigenvalue weighted by Crippen LogP contribution is -2.23. The number of pyridine rings is 2. The summed E-state index contributed by atoms with van der Waals surface area (Å²) in [6, 6.07) is 10.7. The Morgan fingerprint density at radius 2 is 2.12 bits per heavy atom. The van der Waals surface area contributed by atoms with E-state index in [0.717, 1.165) is 11.1 Å². The molecule has 0 saturated heterocycles. The number of nitrogens with one attached hydrogen (secondary N) is 1. The molecule has 4 heterocycles. The average molecular weight is 346 g/mol. The van der Waals surface area contributed by atoms with Gasteiger partial charge in [0.2, 0.25) is 0 Å². The summed E-state index contributed by atoms with van der Waals surface area (Å²) in [7, 11) is 0. The van der Waals surface area contributed by atoms with Crippen molar-refractivity contribution < 1.29 is 9.32 Å². The molecule has 4 aromatic heterocycles. The van der Waals surface area contributed by atoms with Crippen LogP contribution in [0.2, 0.25) is 0 Å². The third-order valence-corrected chi connectivity index (χ3v) is 3.69. The van der Waals surface area contributed by atoms with Gasteiger partial charge in [-0.3, -0.25) is 9.78 Å². The topological polar surface area (TPSA) is 98.7 Å². The minimum absolute atomic E-state index is 0.213. The third kappa shape index (κ3) is 3.34. The highest BCUT2D eigenvalue weighted by Crippen LogP contribution is 2.18. The highest BCUT2D eigenvalue weighted by molar-refractivity contribution is 5.93. The Hall–Kier alpha value is -3.81. The van der Waals surface area contributed by atoms with E-state index in [-0.39, 0.29) is 11.6 Å². The van der Waals surface area contributed by atoms with Crippen molar-refractivity contribution in [3.63, 3.8) is 0 Å². The number of carbonyl (C=O) groups is 1. The maximum absolute atomic E-state index is 12.3. The molecule has 8 nitrogen and oxygen atoms in total. The van der Waals surface area contributed by atoms with Gasteiger partial charge in [0.25, 0.3) is 5.91 Å². The SMILES string of the molecule is O=C(NCc1ccnc(-n2cccn2)c1)c1cc(-c2cccnc2)on1. The summed E-state index contributed by atoms with van der Waals surface area (Å²) < 4.78 is 6.88. The van der Waals surface area contributed by atoms with Crippen molar-refractivity contribution in [1.82, 2.24) is 30.2 Å². The van der Waals surface area contributed by atoms with Crippen LogP contribution in [0.25, 0.3) is 17.1 Å². The molecule has 1 amide bonds. The number of nitrogens with zero attached hydrogens (tertiary/aromatic N) is 5. The van der Waals surface area contributed by atoms with Crippen LogP contribution in [0.4, 0.5) is 0 Å². The molecule has 0 unspecified atom stereocenters. The smallest absolute Gasteiger partial charge is 0.273 e. The first-order valence-corrected chi connectivity index (χ1v) is 7.90. The van der Waals surface area contributed by atoms with Gasteiger partial charge in [-0.15, -0.1) is 0 Å². The number of hydrogen-bond donors (Lipinski definition) is 1. The zero-order chi connectivity index (χ0) is 17.8. The predicted octanol–water partition coefficient (Wildman–Crippen LogP) is 2.25. The molecule has 4 rings (SSSR count). The molecule has 4 aromatic rings. The van der Waals surface area contributed by atoms with Crippen LogP contribution < -0.4 is 5.32 Å². The Balaban J connectivity index is 1.43. The predicted molar refractivity (Wildman–Crippen MR) is 92.3 cm³/mol. The van der Waals surface area contributed by atoms with E-state index in [4.69, 9.17) is 4.52 Å². The van der Waals surface area contributed by atoms with Crippen molar-refractivity contribution in [2.24, 2.45) is 0 Å². The molecule has 0 aliphatic heterocycles. The van der Waals surface area contributed by atoms with E-state index in [1.807, 2.05) is 24.3 Å². The number of amides is 1. The molecular weight excluding hydrogens is 332 g/mol. The van der Waals surface area contributed by atoms with E-state index in [9.17, 15) is 4.79 Å². The summed E-state index contributed by atoms with van der Waals surface area (Å²) in [5.74, 6) is 0.858. The number of carbonyl (C=O) groups excluding carboxylic acids is 1. The highest BCUT2D eigenvalue weighted by atomic mass is 16.5. The minimum Gasteiger partial charge on any atom is -0.355 e.